The fourth-order valence-electron chi connectivity index (χ4n) is 2.01. The summed E-state index contributed by atoms with van der Waals surface area (Å²) in [6, 6.07) is 8.62. The fraction of sp³-hybridized carbons (Fsp3) is 0.500. The predicted octanol–water partition coefficient (Wildman–Crippen LogP) is 2.88. The molecule has 1 nitrogen and oxygen atoms in total. The first-order valence-corrected chi connectivity index (χ1v) is 4.98. The SMILES string of the molecule is CCC1(C)OCCc2ccccc21. The molecular formula is C12H16O. The lowest BCUT2D eigenvalue weighted by atomic mass is 9.86. The highest BCUT2D eigenvalue weighted by molar-refractivity contribution is 5.33. The molecule has 1 heteroatoms. The molecule has 1 aliphatic heterocycles. The Labute approximate surface area is 79.7 Å². The molecule has 1 atom stereocenters. The lowest BCUT2D eigenvalue weighted by Gasteiger charge is -2.35. The molecule has 0 radical (unpaired) electrons. The van der Waals surface area contributed by atoms with Crippen LogP contribution in [0.5, 0.6) is 0 Å². The molecule has 0 aromatic heterocycles. The summed E-state index contributed by atoms with van der Waals surface area (Å²) in [6.45, 7) is 5.23. The zero-order valence-electron chi connectivity index (χ0n) is 8.34. The molecule has 0 amide bonds. The molecule has 70 valence electrons. The lowest BCUT2D eigenvalue weighted by molar-refractivity contribution is -0.0488. The van der Waals surface area contributed by atoms with Gasteiger partial charge in [-0.15, -0.1) is 0 Å². The van der Waals surface area contributed by atoms with Crippen molar-refractivity contribution in [3.8, 4) is 0 Å². The summed E-state index contributed by atoms with van der Waals surface area (Å²) in [4.78, 5) is 0. The van der Waals surface area contributed by atoms with Gasteiger partial charge in [0.15, 0.2) is 0 Å². The number of benzene rings is 1. The van der Waals surface area contributed by atoms with Crippen LogP contribution in [0.15, 0.2) is 24.3 Å². The number of hydrogen-bond donors (Lipinski definition) is 0. The van der Waals surface area contributed by atoms with Crippen molar-refractivity contribution in [3.63, 3.8) is 0 Å². The lowest BCUT2D eigenvalue weighted by Crippen LogP contribution is -2.31. The van der Waals surface area contributed by atoms with Crippen LogP contribution >= 0.6 is 0 Å². The van der Waals surface area contributed by atoms with Crippen LogP contribution in [-0.2, 0) is 16.8 Å². The highest BCUT2D eigenvalue weighted by Crippen LogP contribution is 2.34. The maximum absolute atomic E-state index is 5.84. The zero-order chi connectivity index (χ0) is 9.31. The molecule has 1 aliphatic rings. The highest BCUT2D eigenvalue weighted by Gasteiger charge is 2.30. The average molecular weight is 176 g/mol. The molecular weight excluding hydrogens is 160 g/mol. The van der Waals surface area contributed by atoms with Crippen molar-refractivity contribution < 1.29 is 4.74 Å². The third-order valence-electron chi connectivity index (χ3n) is 3.05. The minimum Gasteiger partial charge on any atom is -0.370 e. The van der Waals surface area contributed by atoms with E-state index in [2.05, 4.69) is 38.1 Å². The summed E-state index contributed by atoms with van der Waals surface area (Å²) in [5, 5.41) is 0. The number of rotatable bonds is 1. The van der Waals surface area contributed by atoms with Gasteiger partial charge in [-0.1, -0.05) is 31.2 Å². The summed E-state index contributed by atoms with van der Waals surface area (Å²) >= 11 is 0. The molecule has 0 N–H and O–H groups in total. The second-order valence-corrected chi connectivity index (χ2v) is 3.84. The Bertz CT molecular complexity index is 306. The molecule has 0 fully saturated rings. The van der Waals surface area contributed by atoms with Gasteiger partial charge in [0.1, 0.15) is 0 Å². The van der Waals surface area contributed by atoms with E-state index in [1.165, 1.54) is 11.1 Å². The first-order valence-electron chi connectivity index (χ1n) is 4.98. The largest absolute Gasteiger partial charge is 0.370 e. The van der Waals surface area contributed by atoms with Gasteiger partial charge in [0, 0.05) is 0 Å². The van der Waals surface area contributed by atoms with Crippen molar-refractivity contribution in [3.05, 3.63) is 35.4 Å². The van der Waals surface area contributed by atoms with Gasteiger partial charge in [0.05, 0.1) is 12.2 Å². The van der Waals surface area contributed by atoms with Crippen LogP contribution in [-0.4, -0.2) is 6.61 Å². The van der Waals surface area contributed by atoms with E-state index in [0.29, 0.717) is 0 Å². The Hall–Kier alpha value is -0.820. The smallest absolute Gasteiger partial charge is 0.0903 e. The molecule has 2 rings (SSSR count). The van der Waals surface area contributed by atoms with E-state index in [0.717, 1.165) is 19.4 Å². The minimum atomic E-state index is -0.0468. The predicted molar refractivity (Wildman–Crippen MR) is 53.7 cm³/mol. The molecule has 13 heavy (non-hydrogen) atoms. The Morgan fingerprint density at radius 2 is 2.15 bits per heavy atom. The summed E-state index contributed by atoms with van der Waals surface area (Å²) in [5.41, 5.74) is 2.79. The number of ether oxygens (including phenoxy) is 1. The molecule has 1 heterocycles. The summed E-state index contributed by atoms with van der Waals surface area (Å²) in [5.74, 6) is 0. The Balaban J connectivity index is 2.48. The maximum atomic E-state index is 5.84. The average Bonchev–Trinajstić information content (AvgIpc) is 2.19. The van der Waals surface area contributed by atoms with Crippen LogP contribution in [0.2, 0.25) is 0 Å². The van der Waals surface area contributed by atoms with Crippen molar-refractivity contribution in [1.82, 2.24) is 0 Å². The van der Waals surface area contributed by atoms with Crippen LogP contribution < -0.4 is 0 Å². The summed E-state index contributed by atoms with van der Waals surface area (Å²) in [7, 11) is 0. The van der Waals surface area contributed by atoms with Crippen LogP contribution in [0, 0.1) is 0 Å². The van der Waals surface area contributed by atoms with Gasteiger partial charge in [-0.25, -0.2) is 0 Å². The van der Waals surface area contributed by atoms with E-state index in [1.807, 2.05) is 0 Å². The quantitative estimate of drug-likeness (QED) is 0.639. The van der Waals surface area contributed by atoms with E-state index in [-0.39, 0.29) is 5.60 Å². The Morgan fingerprint density at radius 3 is 2.92 bits per heavy atom. The standard InChI is InChI=1S/C12H16O/c1-3-12(2)11-7-5-4-6-10(11)8-9-13-12/h4-7H,3,8-9H2,1-2H3. The van der Waals surface area contributed by atoms with E-state index >= 15 is 0 Å². The molecule has 0 spiro atoms. The maximum Gasteiger partial charge on any atom is 0.0903 e. The van der Waals surface area contributed by atoms with Crippen LogP contribution in [0.1, 0.15) is 31.4 Å². The van der Waals surface area contributed by atoms with Crippen molar-refractivity contribution in [2.24, 2.45) is 0 Å². The van der Waals surface area contributed by atoms with Crippen molar-refractivity contribution >= 4 is 0 Å². The van der Waals surface area contributed by atoms with Crippen LogP contribution in [0.3, 0.4) is 0 Å². The van der Waals surface area contributed by atoms with Crippen molar-refractivity contribution in [2.45, 2.75) is 32.3 Å². The van der Waals surface area contributed by atoms with Crippen molar-refractivity contribution in [2.75, 3.05) is 6.61 Å². The third-order valence-corrected chi connectivity index (χ3v) is 3.05. The van der Waals surface area contributed by atoms with Crippen LogP contribution in [0.4, 0.5) is 0 Å². The fourth-order valence-corrected chi connectivity index (χ4v) is 2.01. The second-order valence-electron chi connectivity index (χ2n) is 3.84. The highest BCUT2D eigenvalue weighted by atomic mass is 16.5. The Kier molecular flexibility index (Phi) is 2.12. The summed E-state index contributed by atoms with van der Waals surface area (Å²) in [6.07, 6.45) is 2.11. The molecule has 1 aromatic rings. The molecule has 0 bridgehead atoms. The van der Waals surface area contributed by atoms with Gasteiger partial charge in [-0.05, 0) is 30.9 Å². The van der Waals surface area contributed by atoms with Gasteiger partial charge in [0.2, 0.25) is 0 Å². The van der Waals surface area contributed by atoms with Crippen LogP contribution in [0.25, 0.3) is 0 Å². The Morgan fingerprint density at radius 1 is 1.38 bits per heavy atom. The van der Waals surface area contributed by atoms with E-state index in [1.54, 1.807) is 0 Å². The first kappa shape index (κ1) is 8.76. The number of fused-ring (bicyclic) bond motifs is 1. The van der Waals surface area contributed by atoms with Crippen molar-refractivity contribution in [1.29, 1.82) is 0 Å². The van der Waals surface area contributed by atoms with E-state index in [4.69, 9.17) is 4.74 Å². The molecule has 0 aliphatic carbocycles. The molecule has 1 aromatic carbocycles. The van der Waals surface area contributed by atoms with E-state index < -0.39 is 0 Å². The monoisotopic (exact) mass is 176 g/mol. The molecule has 0 saturated heterocycles. The summed E-state index contributed by atoms with van der Waals surface area (Å²) < 4.78 is 5.84. The van der Waals surface area contributed by atoms with Gasteiger partial charge in [-0.3, -0.25) is 0 Å². The number of hydrogen-bond acceptors (Lipinski definition) is 1. The normalized spacial score (nSPS) is 26.9. The molecule has 0 saturated carbocycles. The molecule has 1 unspecified atom stereocenters. The first-order chi connectivity index (χ1) is 6.26. The van der Waals surface area contributed by atoms with Gasteiger partial charge < -0.3 is 4.74 Å². The van der Waals surface area contributed by atoms with Gasteiger partial charge in [-0.2, -0.15) is 0 Å². The zero-order valence-corrected chi connectivity index (χ0v) is 8.34. The second kappa shape index (κ2) is 3.15. The third kappa shape index (κ3) is 1.37. The van der Waals surface area contributed by atoms with Gasteiger partial charge >= 0.3 is 0 Å². The minimum absolute atomic E-state index is 0.0468. The topological polar surface area (TPSA) is 9.23 Å². The van der Waals surface area contributed by atoms with Gasteiger partial charge in [0.25, 0.3) is 0 Å². The van der Waals surface area contributed by atoms with E-state index in [9.17, 15) is 0 Å².